The van der Waals surface area contributed by atoms with E-state index in [2.05, 4.69) is 15.3 Å². The van der Waals surface area contributed by atoms with Crippen LogP contribution in [0.4, 0.5) is 8.78 Å². The second kappa shape index (κ2) is 6.73. The number of piperidine rings is 1. The zero-order valence-corrected chi connectivity index (χ0v) is 15.8. The molecule has 3 aromatic heterocycles. The highest BCUT2D eigenvalue weighted by Crippen LogP contribution is 2.27. The lowest BCUT2D eigenvalue weighted by molar-refractivity contribution is 0.362. The molecule has 1 unspecified atom stereocenters. The van der Waals surface area contributed by atoms with Crippen molar-refractivity contribution in [1.29, 1.82) is 0 Å². The van der Waals surface area contributed by atoms with Crippen molar-refractivity contribution in [2.24, 2.45) is 0 Å². The van der Waals surface area contributed by atoms with E-state index in [0.29, 0.717) is 23.4 Å². The smallest absolute Gasteiger partial charge is 0.264 e. The molecule has 29 heavy (non-hydrogen) atoms. The number of halogens is 2. The van der Waals surface area contributed by atoms with E-state index in [1.54, 1.807) is 29.8 Å². The Bertz CT molecular complexity index is 1300. The summed E-state index contributed by atoms with van der Waals surface area (Å²) in [6, 6.07) is 4.16. The fourth-order valence-corrected chi connectivity index (χ4v) is 4.05. The highest BCUT2D eigenvalue weighted by atomic mass is 19.1. The summed E-state index contributed by atoms with van der Waals surface area (Å²) in [5.41, 5.74) is 1.70. The normalized spacial score (nSPS) is 17.3. The lowest BCUT2D eigenvalue weighted by Gasteiger charge is -2.24. The van der Waals surface area contributed by atoms with Gasteiger partial charge in [-0.05, 0) is 50.1 Å². The molecule has 4 aromatic rings. The lowest BCUT2D eigenvalue weighted by Crippen LogP contribution is -2.36. The summed E-state index contributed by atoms with van der Waals surface area (Å²) in [7, 11) is 0. The maximum Gasteiger partial charge on any atom is 0.264 e. The number of aromatic nitrogens is 4. The number of fused-ring (bicyclic) bond motifs is 2. The average Bonchev–Trinajstić information content (AvgIpc) is 3.09. The van der Waals surface area contributed by atoms with Gasteiger partial charge in [-0.1, -0.05) is 0 Å². The molecule has 148 valence electrons. The largest absolute Gasteiger partial charge is 0.315 e. The van der Waals surface area contributed by atoms with E-state index in [4.69, 9.17) is 0 Å². The first-order valence-electron chi connectivity index (χ1n) is 9.57. The highest BCUT2D eigenvalue weighted by molar-refractivity contribution is 5.84. The maximum absolute atomic E-state index is 15.0. The Hall–Kier alpha value is -3.13. The van der Waals surface area contributed by atoms with Gasteiger partial charge in [0.25, 0.3) is 5.56 Å². The summed E-state index contributed by atoms with van der Waals surface area (Å²) < 4.78 is 32.5. The quantitative estimate of drug-likeness (QED) is 0.566. The van der Waals surface area contributed by atoms with E-state index in [9.17, 15) is 13.6 Å². The standard InChI is InChI=1S/C21H19F2N5O/c1-12-9-27-10-14(6-17(23)20(27)26-12)13-5-16(22)19-18(7-13)25-11-28(21(19)29)15-3-2-4-24-8-15/h5-7,9-11,15,24H,2-4,8H2,1H3. The summed E-state index contributed by atoms with van der Waals surface area (Å²) in [5, 5.41) is 3.21. The Kier molecular flexibility index (Phi) is 4.16. The zero-order valence-electron chi connectivity index (χ0n) is 15.8. The molecule has 6 nitrogen and oxygen atoms in total. The summed E-state index contributed by atoms with van der Waals surface area (Å²) in [4.78, 5) is 21.4. The number of hydrogen-bond donors (Lipinski definition) is 1. The Morgan fingerprint density at radius 1 is 1.14 bits per heavy atom. The van der Waals surface area contributed by atoms with Crippen LogP contribution >= 0.6 is 0 Å². The molecule has 1 aromatic carbocycles. The van der Waals surface area contributed by atoms with Crippen molar-refractivity contribution in [2.45, 2.75) is 25.8 Å². The minimum atomic E-state index is -0.657. The molecule has 1 fully saturated rings. The SMILES string of the molecule is Cc1cn2cc(-c3cc(F)c4c(=O)n(C5CCCNC5)cnc4c3)cc(F)c2n1. The van der Waals surface area contributed by atoms with E-state index in [-0.39, 0.29) is 28.2 Å². The number of imidazole rings is 1. The van der Waals surface area contributed by atoms with Gasteiger partial charge in [-0.25, -0.2) is 18.7 Å². The minimum absolute atomic E-state index is 0.0341. The van der Waals surface area contributed by atoms with Gasteiger partial charge in [0.15, 0.2) is 11.5 Å². The number of rotatable bonds is 2. The first kappa shape index (κ1) is 17.9. The Labute approximate surface area is 164 Å². The number of pyridine rings is 1. The van der Waals surface area contributed by atoms with E-state index in [1.165, 1.54) is 23.0 Å². The van der Waals surface area contributed by atoms with Crippen LogP contribution in [0, 0.1) is 18.6 Å². The molecule has 0 saturated carbocycles. The van der Waals surface area contributed by atoms with Crippen LogP contribution in [0.1, 0.15) is 24.6 Å². The Balaban J connectivity index is 1.64. The molecule has 4 heterocycles. The second-order valence-electron chi connectivity index (χ2n) is 7.50. The molecule has 1 aliphatic heterocycles. The predicted octanol–water partition coefficient (Wildman–Crippen LogP) is 3.22. The van der Waals surface area contributed by atoms with Crippen molar-refractivity contribution in [3.05, 3.63) is 64.6 Å². The number of hydrogen-bond acceptors (Lipinski definition) is 4. The molecule has 5 rings (SSSR count). The minimum Gasteiger partial charge on any atom is -0.315 e. The molecule has 0 aliphatic carbocycles. The molecule has 1 N–H and O–H groups in total. The van der Waals surface area contributed by atoms with Crippen molar-refractivity contribution in [3.8, 4) is 11.1 Å². The third-order valence-corrected chi connectivity index (χ3v) is 5.46. The van der Waals surface area contributed by atoms with Crippen molar-refractivity contribution in [2.75, 3.05) is 13.1 Å². The van der Waals surface area contributed by atoms with E-state index >= 15 is 0 Å². The molecular formula is C21H19F2N5O. The van der Waals surface area contributed by atoms with Crippen molar-refractivity contribution in [1.82, 2.24) is 24.3 Å². The van der Waals surface area contributed by atoms with Crippen LogP contribution in [0.5, 0.6) is 0 Å². The molecule has 0 amide bonds. The Morgan fingerprint density at radius 2 is 1.97 bits per heavy atom. The van der Waals surface area contributed by atoms with Gasteiger partial charge >= 0.3 is 0 Å². The molecule has 1 aliphatic rings. The summed E-state index contributed by atoms with van der Waals surface area (Å²) >= 11 is 0. The fraction of sp³-hybridized carbons (Fsp3) is 0.286. The summed E-state index contributed by atoms with van der Waals surface area (Å²) in [6.07, 6.45) is 6.68. The monoisotopic (exact) mass is 395 g/mol. The number of nitrogens with one attached hydrogen (secondary N) is 1. The lowest BCUT2D eigenvalue weighted by atomic mass is 10.0. The van der Waals surface area contributed by atoms with Gasteiger partial charge in [0, 0.05) is 24.5 Å². The third kappa shape index (κ3) is 3.00. The molecule has 8 heteroatoms. The van der Waals surface area contributed by atoms with Crippen LogP contribution in [-0.2, 0) is 0 Å². The average molecular weight is 395 g/mol. The van der Waals surface area contributed by atoms with Crippen molar-refractivity contribution >= 4 is 16.6 Å². The second-order valence-corrected chi connectivity index (χ2v) is 7.50. The van der Waals surface area contributed by atoms with Gasteiger partial charge in [0.2, 0.25) is 0 Å². The van der Waals surface area contributed by atoms with E-state index in [0.717, 1.165) is 19.4 Å². The molecular weight excluding hydrogens is 376 g/mol. The zero-order chi connectivity index (χ0) is 20.1. The first-order valence-corrected chi connectivity index (χ1v) is 9.57. The Morgan fingerprint density at radius 3 is 2.76 bits per heavy atom. The van der Waals surface area contributed by atoms with Crippen molar-refractivity contribution in [3.63, 3.8) is 0 Å². The van der Waals surface area contributed by atoms with Crippen molar-refractivity contribution < 1.29 is 8.78 Å². The molecule has 1 atom stereocenters. The summed E-state index contributed by atoms with van der Waals surface area (Å²) in [5.74, 6) is -1.15. The molecule has 0 bridgehead atoms. The number of aryl methyl sites for hydroxylation is 1. The first-order chi connectivity index (χ1) is 14.0. The molecule has 0 radical (unpaired) electrons. The van der Waals surface area contributed by atoms with Crippen LogP contribution in [0.15, 0.2) is 41.7 Å². The van der Waals surface area contributed by atoms with Crippen LogP contribution in [0.25, 0.3) is 27.7 Å². The van der Waals surface area contributed by atoms with Crippen LogP contribution in [0.3, 0.4) is 0 Å². The van der Waals surface area contributed by atoms with E-state index in [1.807, 2.05) is 0 Å². The summed E-state index contributed by atoms with van der Waals surface area (Å²) in [6.45, 7) is 3.36. The highest BCUT2D eigenvalue weighted by Gasteiger charge is 2.20. The maximum atomic E-state index is 15.0. The van der Waals surface area contributed by atoms with Crippen LogP contribution in [-0.4, -0.2) is 32.0 Å². The van der Waals surface area contributed by atoms with Gasteiger partial charge in [-0.2, -0.15) is 0 Å². The topological polar surface area (TPSA) is 64.2 Å². The predicted molar refractivity (Wildman–Crippen MR) is 106 cm³/mol. The van der Waals surface area contributed by atoms with Gasteiger partial charge in [-0.15, -0.1) is 0 Å². The van der Waals surface area contributed by atoms with Gasteiger partial charge in [-0.3, -0.25) is 9.36 Å². The van der Waals surface area contributed by atoms with Gasteiger partial charge in [0.1, 0.15) is 11.2 Å². The molecule has 1 saturated heterocycles. The van der Waals surface area contributed by atoms with E-state index < -0.39 is 11.6 Å². The third-order valence-electron chi connectivity index (χ3n) is 5.46. The van der Waals surface area contributed by atoms with Gasteiger partial charge in [0.05, 0.1) is 23.6 Å². The number of nitrogens with zero attached hydrogens (tertiary/aromatic N) is 4. The van der Waals surface area contributed by atoms with Crippen LogP contribution in [0.2, 0.25) is 0 Å². The van der Waals surface area contributed by atoms with Crippen LogP contribution < -0.4 is 10.9 Å². The fourth-order valence-electron chi connectivity index (χ4n) is 4.05. The van der Waals surface area contributed by atoms with Gasteiger partial charge < -0.3 is 9.72 Å². The molecule has 0 spiro atoms. The number of benzene rings is 1.